The third-order valence-electron chi connectivity index (χ3n) is 4.67. The molecule has 1 N–H and O–H groups in total. The van der Waals surface area contributed by atoms with Crippen LogP contribution in [-0.4, -0.2) is 29.1 Å². The highest BCUT2D eigenvalue weighted by Gasteiger charge is 2.30. The zero-order valence-corrected chi connectivity index (χ0v) is 14.2. The number of aryl methyl sites for hydroxylation is 1. The quantitative estimate of drug-likeness (QED) is 0.846. The van der Waals surface area contributed by atoms with Gasteiger partial charge >= 0.3 is 0 Å². The molecule has 21 heavy (non-hydrogen) atoms. The Kier molecular flexibility index (Phi) is 5.57. The van der Waals surface area contributed by atoms with Gasteiger partial charge in [0.1, 0.15) is 0 Å². The van der Waals surface area contributed by atoms with Gasteiger partial charge < -0.3 is 10.2 Å². The van der Waals surface area contributed by atoms with Gasteiger partial charge in [-0.15, -0.1) is 0 Å². The number of hydrogen-bond donors (Lipinski definition) is 1. The Labute approximate surface area is 129 Å². The van der Waals surface area contributed by atoms with Crippen molar-refractivity contribution in [2.24, 2.45) is 11.8 Å². The molecule has 0 amide bonds. The zero-order chi connectivity index (χ0) is 15.4. The van der Waals surface area contributed by atoms with Crippen molar-refractivity contribution in [3.05, 3.63) is 17.5 Å². The van der Waals surface area contributed by atoms with Crippen LogP contribution in [0, 0.1) is 18.8 Å². The van der Waals surface area contributed by atoms with Gasteiger partial charge in [-0.2, -0.15) is 0 Å². The molecule has 2 heterocycles. The van der Waals surface area contributed by atoms with Gasteiger partial charge in [-0.05, 0) is 45.1 Å². The molecule has 118 valence electrons. The monoisotopic (exact) mass is 290 g/mol. The largest absolute Gasteiger partial charge is 0.338 e. The minimum absolute atomic E-state index is 0.518. The van der Waals surface area contributed by atoms with Gasteiger partial charge in [0, 0.05) is 36.6 Å². The lowest BCUT2D eigenvalue weighted by Gasteiger charge is -2.41. The van der Waals surface area contributed by atoms with E-state index >= 15 is 0 Å². The van der Waals surface area contributed by atoms with Crippen LogP contribution < -0.4 is 10.2 Å². The topological polar surface area (TPSA) is 41.1 Å². The minimum Gasteiger partial charge on any atom is -0.338 e. The third kappa shape index (κ3) is 3.94. The fourth-order valence-electron chi connectivity index (χ4n) is 3.17. The predicted molar refractivity (Wildman–Crippen MR) is 88.5 cm³/mol. The number of rotatable bonds is 5. The number of hydrogen-bond acceptors (Lipinski definition) is 4. The van der Waals surface area contributed by atoms with Gasteiger partial charge in [-0.3, -0.25) is 0 Å². The number of aromatic nitrogens is 2. The van der Waals surface area contributed by atoms with Crippen molar-refractivity contribution < 1.29 is 0 Å². The highest BCUT2D eigenvalue weighted by atomic mass is 15.3. The van der Waals surface area contributed by atoms with Crippen molar-refractivity contribution >= 4 is 5.95 Å². The smallest absolute Gasteiger partial charge is 0.225 e. The van der Waals surface area contributed by atoms with Crippen molar-refractivity contribution in [2.45, 2.75) is 60.0 Å². The second kappa shape index (κ2) is 7.21. The molecule has 1 aromatic rings. The molecule has 0 saturated carbocycles. The minimum atomic E-state index is 0.518. The maximum Gasteiger partial charge on any atom is 0.225 e. The molecule has 0 radical (unpaired) electrons. The summed E-state index contributed by atoms with van der Waals surface area (Å²) in [6, 6.07) is 0.518. The normalized spacial score (nSPS) is 26.1. The molecular formula is C17H30N4. The van der Waals surface area contributed by atoms with E-state index in [1.807, 2.05) is 6.20 Å². The maximum absolute atomic E-state index is 4.77. The van der Waals surface area contributed by atoms with Gasteiger partial charge in [0.2, 0.25) is 5.95 Å². The molecule has 0 spiro atoms. The van der Waals surface area contributed by atoms with E-state index in [0.717, 1.165) is 37.7 Å². The van der Waals surface area contributed by atoms with Crippen LogP contribution in [0.3, 0.4) is 0 Å². The van der Waals surface area contributed by atoms with Gasteiger partial charge in [-0.25, -0.2) is 9.97 Å². The summed E-state index contributed by atoms with van der Waals surface area (Å²) in [4.78, 5) is 11.8. The van der Waals surface area contributed by atoms with Crippen LogP contribution in [0.25, 0.3) is 0 Å². The highest BCUT2D eigenvalue weighted by Crippen LogP contribution is 2.29. The number of anilines is 1. The molecule has 1 aliphatic heterocycles. The lowest BCUT2D eigenvalue weighted by molar-refractivity contribution is 0.293. The molecule has 3 atom stereocenters. The molecule has 4 nitrogen and oxygen atoms in total. The van der Waals surface area contributed by atoms with E-state index < -0.39 is 0 Å². The summed E-state index contributed by atoms with van der Waals surface area (Å²) < 4.78 is 0. The molecular weight excluding hydrogens is 260 g/mol. The third-order valence-corrected chi connectivity index (χ3v) is 4.67. The Morgan fingerprint density at radius 1 is 1.33 bits per heavy atom. The standard InChI is InChI=1S/C17H30N4/c1-6-7-18-9-16-10-19-17(20-14(16)4)21-11-12(2)8-13(3)15(21)5/h10,12-13,15,18H,6-9,11H2,1-5H3. The second-order valence-corrected chi connectivity index (χ2v) is 6.67. The Morgan fingerprint density at radius 3 is 2.76 bits per heavy atom. The summed E-state index contributed by atoms with van der Waals surface area (Å²) in [5.74, 6) is 2.31. The summed E-state index contributed by atoms with van der Waals surface area (Å²) in [5.41, 5.74) is 2.31. The summed E-state index contributed by atoms with van der Waals surface area (Å²) in [5, 5.41) is 3.42. The average Bonchev–Trinajstić information content (AvgIpc) is 2.44. The average molecular weight is 290 g/mol. The van der Waals surface area contributed by atoms with E-state index in [1.54, 1.807) is 0 Å². The summed E-state index contributed by atoms with van der Waals surface area (Å²) in [7, 11) is 0. The molecule has 1 aromatic heterocycles. The molecule has 4 heteroatoms. The Hall–Kier alpha value is -1.16. The number of piperidine rings is 1. The summed E-state index contributed by atoms with van der Waals surface area (Å²) >= 11 is 0. The molecule has 3 unspecified atom stereocenters. The van der Waals surface area contributed by atoms with E-state index in [2.05, 4.69) is 49.8 Å². The fraction of sp³-hybridized carbons (Fsp3) is 0.765. The van der Waals surface area contributed by atoms with Gasteiger partial charge in [0.25, 0.3) is 0 Å². The maximum atomic E-state index is 4.77. The Morgan fingerprint density at radius 2 is 2.10 bits per heavy atom. The van der Waals surface area contributed by atoms with Crippen molar-refractivity contribution in [1.29, 1.82) is 0 Å². The first-order valence-electron chi connectivity index (χ1n) is 8.32. The van der Waals surface area contributed by atoms with E-state index in [-0.39, 0.29) is 0 Å². The van der Waals surface area contributed by atoms with Crippen LogP contribution in [-0.2, 0) is 6.54 Å². The molecule has 0 bridgehead atoms. The first kappa shape index (κ1) is 16.2. The second-order valence-electron chi connectivity index (χ2n) is 6.67. The number of nitrogens with zero attached hydrogens (tertiary/aromatic N) is 3. The molecule has 1 fully saturated rings. The van der Waals surface area contributed by atoms with Crippen molar-refractivity contribution in [3.8, 4) is 0 Å². The van der Waals surface area contributed by atoms with Crippen LogP contribution in [0.1, 0.15) is 51.8 Å². The molecule has 1 saturated heterocycles. The molecule has 0 aliphatic carbocycles. The fourth-order valence-corrected chi connectivity index (χ4v) is 3.17. The Balaban J connectivity index is 2.11. The first-order chi connectivity index (χ1) is 10.0. The van der Waals surface area contributed by atoms with E-state index in [0.29, 0.717) is 17.9 Å². The molecule has 0 aromatic carbocycles. The van der Waals surface area contributed by atoms with Crippen LogP contribution in [0.4, 0.5) is 5.95 Å². The zero-order valence-electron chi connectivity index (χ0n) is 14.2. The lowest BCUT2D eigenvalue weighted by atomic mass is 9.86. The highest BCUT2D eigenvalue weighted by molar-refractivity contribution is 5.35. The van der Waals surface area contributed by atoms with Gasteiger partial charge in [0.05, 0.1) is 0 Å². The van der Waals surface area contributed by atoms with Crippen molar-refractivity contribution in [1.82, 2.24) is 15.3 Å². The van der Waals surface area contributed by atoms with Gasteiger partial charge in [-0.1, -0.05) is 20.8 Å². The summed E-state index contributed by atoms with van der Waals surface area (Å²) in [6.45, 7) is 14.2. The van der Waals surface area contributed by atoms with Crippen LogP contribution >= 0.6 is 0 Å². The van der Waals surface area contributed by atoms with Crippen LogP contribution in [0.5, 0.6) is 0 Å². The molecule has 1 aliphatic rings. The summed E-state index contributed by atoms with van der Waals surface area (Å²) in [6.07, 6.45) is 4.45. The first-order valence-corrected chi connectivity index (χ1v) is 8.32. The predicted octanol–water partition coefficient (Wildman–Crippen LogP) is 3.16. The number of nitrogens with one attached hydrogen (secondary N) is 1. The van der Waals surface area contributed by atoms with Crippen LogP contribution in [0.15, 0.2) is 6.20 Å². The Bertz CT molecular complexity index is 460. The van der Waals surface area contributed by atoms with E-state index in [9.17, 15) is 0 Å². The van der Waals surface area contributed by atoms with Gasteiger partial charge in [0.15, 0.2) is 0 Å². The van der Waals surface area contributed by atoms with Crippen molar-refractivity contribution in [3.63, 3.8) is 0 Å². The van der Waals surface area contributed by atoms with E-state index in [1.165, 1.54) is 12.0 Å². The molecule has 2 rings (SSSR count). The van der Waals surface area contributed by atoms with Crippen LogP contribution in [0.2, 0.25) is 0 Å². The SMILES string of the molecule is CCCNCc1cnc(N2CC(C)CC(C)C2C)nc1C. The lowest BCUT2D eigenvalue weighted by Crippen LogP contribution is -2.46. The van der Waals surface area contributed by atoms with Crippen molar-refractivity contribution in [2.75, 3.05) is 18.0 Å². The van der Waals surface area contributed by atoms with E-state index in [4.69, 9.17) is 4.98 Å².